The predicted molar refractivity (Wildman–Crippen MR) is 82.6 cm³/mol. The van der Waals surface area contributed by atoms with Crippen LogP contribution in [0.25, 0.3) is 0 Å². The average molecular weight is 302 g/mol. The number of rotatable bonds is 4. The second-order valence-corrected chi connectivity index (χ2v) is 5.54. The van der Waals surface area contributed by atoms with Gasteiger partial charge in [0.2, 0.25) is 5.91 Å². The molecule has 7 nitrogen and oxygen atoms in total. The third kappa shape index (κ3) is 3.73. The van der Waals surface area contributed by atoms with E-state index in [1.807, 2.05) is 4.90 Å². The van der Waals surface area contributed by atoms with Crippen LogP contribution in [0, 0.1) is 27.4 Å². The van der Waals surface area contributed by atoms with Crippen LogP contribution in [-0.2, 0) is 4.79 Å². The van der Waals surface area contributed by atoms with Crippen LogP contribution >= 0.6 is 0 Å². The largest absolute Gasteiger partial charge is 0.366 e. The smallest absolute Gasteiger partial charge is 0.294 e. The number of piperidine rings is 1. The van der Waals surface area contributed by atoms with Gasteiger partial charge in [-0.15, -0.1) is 0 Å². The lowest BCUT2D eigenvalue weighted by Gasteiger charge is -2.32. The van der Waals surface area contributed by atoms with Gasteiger partial charge >= 0.3 is 0 Å². The number of anilines is 2. The Bertz CT molecular complexity index is 624. The van der Waals surface area contributed by atoms with Crippen molar-refractivity contribution in [1.82, 2.24) is 0 Å². The molecule has 1 aromatic rings. The van der Waals surface area contributed by atoms with E-state index in [1.54, 1.807) is 18.2 Å². The molecule has 0 bridgehead atoms. The molecule has 1 N–H and O–H groups in total. The maximum absolute atomic E-state index is 11.4. The Morgan fingerprint density at radius 3 is 3.00 bits per heavy atom. The number of nitro groups is 1. The van der Waals surface area contributed by atoms with Gasteiger partial charge in [-0.25, -0.2) is 0 Å². The van der Waals surface area contributed by atoms with Crippen LogP contribution in [0.1, 0.15) is 26.2 Å². The molecule has 1 saturated heterocycles. The summed E-state index contributed by atoms with van der Waals surface area (Å²) in [5, 5.41) is 22.3. The number of carbonyl (C=O) groups is 1. The Morgan fingerprint density at radius 1 is 1.59 bits per heavy atom. The molecule has 1 aliphatic rings. The fourth-order valence-electron chi connectivity index (χ4n) is 2.70. The molecular formula is C15H18N4O3. The van der Waals surface area contributed by atoms with Crippen molar-refractivity contribution in [3.05, 3.63) is 28.3 Å². The molecule has 0 radical (unpaired) electrons. The molecule has 7 heteroatoms. The Hall–Kier alpha value is -2.62. The van der Waals surface area contributed by atoms with E-state index < -0.39 is 10.8 Å². The summed E-state index contributed by atoms with van der Waals surface area (Å²) in [5.41, 5.74) is 0.888. The number of amides is 1. The first-order valence-corrected chi connectivity index (χ1v) is 7.21. The fourth-order valence-corrected chi connectivity index (χ4v) is 2.70. The summed E-state index contributed by atoms with van der Waals surface area (Å²) in [4.78, 5) is 24.3. The van der Waals surface area contributed by atoms with Crippen molar-refractivity contribution < 1.29 is 9.72 Å². The van der Waals surface area contributed by atoms with E-state index in [9.17, 15) is 14.9 Å². The number of hydrogen-bond donors (Lipinski definition) is 1. The third-order valence-corrected chi connectivity index (χ3v) is 3.69. The molecule has 1 amide bonds. The second kappa shape index (κ2) is 6.89. The van der Waals surface area contributed by atoms with Crippen molar-refractivity contribution in [2.45, 2.75) is 26.2 Å². The number of hydrogen-bond acceptors (Lipinski definition) is 5. The van der Waals surface area contributed by atoms with Crippen LogP contribution in [0.2, 0.25) is 0 Å². The minimum atomic E-state index is -0.476. The van der Waals surface area contributed by atoms with Crippen LogP contribution in [-0.4, -0.2) is 23.9 Å². The highest BCUT2D eigenvalue weighted by Crippen LogP contribution is 2.33. The van der Waals surface area contributed by atoms with Gasteiger partial charge in [-0.3, -0.25) is 14.9 Å². The molecule has 116 valence electrons. The van der Waals surface area contributed by atoms with Crippen molar-refractivity contribution in [3.8, 4) is 6.07 Å². The minimum absolute atomic E-state index is 0.0242. The summed E-state index contributed by atoms with van der Waals surface area (Å²) in [7, 11) is 0. The first kappa shape index (κ1) is 15.8. The van der Waals surface area contributed by atoms with Gasteiger partial charge in [0.1, 0.15) is 12.1 Å². The first-order valence-electron chi connectivity index (χ1n) is 7.21. The first-order chi connectivity index (χ1) is 10.5. The SMILES string of the molecule is C[C@H]1CCCN(c2ccc(NC(=O)CC#N)cc2[N+](=O)[O-])C1. The minimum Gasteiger partial charge on any atom is -0.366 e. The van der Waals surface area contributed by atoms with Crippen LogP contribution < -0.4 is 10.2 Å². The molecule has 0 spiro atoms. The Kier molecular flexibility index (Phi) is 4.94. The Morgan fingerprint density at radius 2 is 2.36 bits per heavy atom. The summed E-state index contributed by atoms with van der Waals surface area (Å²) in [6.07, 6.45) is 1.87. The highest BCUT2D eigenvalue weighted by Gasteiger charge is 2.24. The summed E-state index contributed by atoms with van der Waals surface area (Å²) in [5.74, 6) is 0.0273. The van der Waals surface area contributed by atoms with Gasteiger partial charge in [0.05, 0.1) is 11.0 Å². The van der Waals surface area contributed by atoms with Crippen LogP contribution in [0.3, 0.4) is 0 Å². The molecule has 1 fully saturated rings. The average Bonchev–Trinajstić information content (AvgIpc) is 2.47. The maximum atomic E-state index is 11.4. The zero-order chi connectivity index (χ0) is 16.1. The number of nitro benzene ring substituents is 1. The van der Waals surface area contributed by atoms with E-state index in [2.05, 4.69) is 12.2 Å². The molecule has 0 aromatic heterocycles. The van der Waals surface area contributed by atoms with Gasteiger partial charge in [0.25, 0.3) is 5.69 Å². The molecule has 0 aliphatic carbocycles. The van der Waals surface area contributed by atoms with E-state index in [4.69, 9.17) is 5.26 Å². The molecular weight excluding hydrogens is 284 g/mol. The van der Waals surface area contributed by atoms with E-state index in [0.717, 1.165) is 25.9 Å². The Labute approximate surface area is 128 Å². The van der Waals surface area contributed by atoms with Crippen LogP contribution in [0.4, 0.5) is 17.1 Å². The topological polar surface area (TPSA) is 99.3 Å². The number of nitriles is 1. The molecule has 1 aromatic carbocycles. The van der Waals surface area contributed by atoms with E-state index in [-0.39, 0.29) is 12.1 Å². The lowest BCUT2D eigenvalue weighted by Crippen LogP contribution is -2.34. The van der Waals surface area contributed by atoms with Gasteiger partial charge in [0.15, 0.2) is 0 Å². The molecule has 0 unspecified atom stereocenters. The van der Waals surface area contributed by atoms with Gasteiger partial charge in [-0.2, -0.15) is 5.26 Å². The van der Waals surface area contributed by atoms with Crippen molar-refractivity contribution in [3.63, 3.8) is 0 Å². The maximum Gasteiger partial charge on any atom is 0.294 e. The molecule has 1 atom stereocenters. The highest BCUT2D eigenvalue weighted by atomic mass is 16.6. The van der Waals surface area contributed by atoms with Crippen molar-refractivity contribution in [2.24, 2.45) is 5.92 Å². The van der Waals surface area contributed by atoms with E-state index in [1.165, 1.54) is 6.07 Å². The number of nitrogens with one attached hydrogen (secondary N) is 1. The van der Waals surface area contributed by atoms with E-state index in [0.29, 0.717) is 17.3 Å². The number of nitrogens with zero attached hydrogens (tertiary/aromatic N) is 3. The summed E-state index contributed by atoms with van der Waals surface area (Å²) < 4.78 is 0. The van der Waals surface area contributed by atoms with Gasteiger partial charge in [-0.05, 0) is 30.9 Å². The normalized spacial score (nSPS) is 17.6. The molecule has 2 rings (SSSR count). The zero-order valence-electron chi connectivity index (χ0n) is 12.4. The molecule has 1 aliphatic heterocycles. The standard InChI is InChI=1S/C15H18N4O3/c1-11-3-2-8-18(10-11)13-5-4-12(9-14(13)19(21)22)17-15(20)6-7-16/h4-5,9,11H,2-3,6,8,10H2,1H3,(H,17,20)/t11-/m0/s1. The highest BCUT2D eigenvalue weighted by molar-refractivity contribution is 5.92. The van der Waals surface area contributed by atoms with Crippen molar-refractivity contribution >= 4 is 23.0 Å². The number of carbonyl (C=O) groups excluding carboxylic acids is 1. The van der Waals surface area contributed by atoms with Crippen molar-refractivity contribution in [2.75, 3.05) is 23.3 Å². The van der Waals surface area contributed by atoms with Crippen molar-refractivity contribution in [1.29, 1.82) is 5.26 Å². The Balaban J connectivity index is 2.26. The van der Waals surface area contributed by atoms with Gasteiger partial charge < -0.3 is 10.2 Å². The lowest BCUT2D eigenvalue weighted by atomic mass is 9.99. The zero-order valence-corrected chi connectivity index (χ0v) is 12.4. The van der Waals surface area contributed by atoms with Crippen LogP contribution in [0.15, 0.2) is 18.2 Å². The van der Waals surface area contributed by atoms with E-state index >= 15 is 0 Å². The van der Waals surface area contributed by atoms with Gasteiger partial charge in [0, 0.05) is 24.8 Å². The molecule has 0 saturated carbocycles. The summed E-state index contributed by atoms with van der Waals surface area (Å²) >= 11 is 0. The van der Waals surface area contributed by atoms with Crippen LogP contribution in [0.5, 0.6) is 0 Å². The summed E-state index contributed by atoms with van der Waals surface area (Å²) in [6.45, 7) is 3.72. The van der Waals surface area contributed by atoms with Gasteiger partial charge in [-0.1, -0.05) is 6.92 Å². The third-order valence-electron chi connectivity index (χ3n) is 3.69. The summed E-state index contributed by atoms with van der Waals surface area (Å²) in [6, 6.07) is 6.39. The fraction of sp³-hybridized carbons (Fsp3) is 0.467. The second-order valence-electron chi connectivity index (χ2n) is 5.54. The number of benzene rings is 1. The monoisotopic (exact) mass is 302 g/mol. The quantitative estimate of drug-likeness (QED) is 0.681. The molecule has 22 heavy (non-hydrogen) atoms. The molecule has 1 heterocycles. The lowest BCUT2D eigenvalue weighted by molar-refractivity contribution is -0.384. The predicted octanol–water partition coefficient (Wildman–Crippen LogP) is 2.68.